The number of hydrogen-bond acceptors (Lipinski definition) is 3. The van der Waals surface area contributed by atoms with Crippen molar-refractivity contribution in [3.8, 4) is 11.1 Å². The predicted molar refractivity (Wildman–Crippen MR) is 78.3 cm³/mol. The van der Waals surface area contributed by atoms with E-state index in [1.807, 2.05) is 30.3 Å². The van der Waals surface area contributed by atoms with Crippen molar-refractivity contribution in [3.05, 3.63) is 54.6 Å². The van der Waals surface area contributed by atoms with Gasteiger partial charge in [-0.25, -0.2) is 0 Å². The fourth-order valence-electron chi connectivity index (χ4n) is 1.93. The molecular formula is C16H19NO2. The van der Waals surface area contributed by atoms with Crippen LogP contribution in [0.4, 0.5) is 5.69 Å². The lowest BCUT2D eigenvalue weighted by molar-refractivity contribution is 0.0992. The quantitative estimate of drug-likeness (QED) is 0.749. The van der Waals surface area contributed by atoms with Gasteiger partial charge in [0.25, 0.3) is 0 Å². The van der Waals surface area contributed by atoms with Crippen LogP contribution in [0, 0.1) is 0 Å². The number of ether oxygens (including phenoxy) is 1. The first kappa shape index (κ1) is 13.6. The smallest absolute Gasteiger partial charge is 0.0698 e. The standard InChI is InChI=1S/C16H19NO2/c18-11-13-19-12-10-17-16-9-5-4-8-15(16)14-6-2-1-3-7-14/h1-9,17-18H,10-13H2. The number of hydrogen-bond donors (Lipinski definition) is 2. The van der Waals surface area contributed by atoms with E-state index in [4.69, 9.17) is 9.84 Å². The van der Waals surface area contributed by atoms with Crippen LogP contribution >= 0.6 is 0 Å². The fourth-order valence-corrected chi connectivity index (χ4v) is 1.93. The Morgan fingerprint density at radius 3 is 2.42 bits per heavy atom. The third-order valence-electron chi connectivity index (χ3n) is 2.81. The van der Waals surface area contributed by atoms with Gasteiger partial charge in [-0.05, 0) is 11.6 Å². The van der Waals surface area contributed by atoms with Crippen molar-refractivity contribution < 1.29 is 9.84 Å². The number of benzene rings is 2. The summed E-state index contributed by atoms with van der Waals surface area (Å²) in [6.45, 7) is 1.77. The summed E-state index contributed by atoms with van der Waals surface area (Å²) in [6.07, 6.45) is 0. The van der Waals surface area contributed by atoms with Gasteiger partial charge in [-0.1, -0.05) is 48.5 Å². The van der Waals surface area contributed by atoms with Gasteiger partial charge >= 0.3 is 0 Å². The van der Waals surface area contributed by atoms with E-state index >= 15 is 0 Å². The first-order valence-electron chi connectivity index (χ1n) is 6.49. The summed E-state index contributed by atoms with van der Waals surface area (Å²) >= 11 is 0. The molecule has 0 aliphatic rings. The van der Waals surface area contributed by atoms with Crippen LogP contribution in [-0.4, -0.2) is 31.5 Å². The molecule has 19 heavy (non-hydrogen) atoms. The molecule has 0 saturated heterocycles. The molecule has 2 N–H and O–H groups in total. The second-order valence-electron chi connectivity index (χ2n) is 4.17. The second-order valence-corrected chi connectivity index (χ2v) is 4.17. The highest BCUT2D eigenvalue weighted by Crippen LogP contribution is 2.27. The van der Waals surface area contributed by atoms with Gasteiger partial charge in [0, 0.05) is 17.8 Å². The molecule has 2 rings (SSSR count). The van der Waals surface area contributed by atoms with Crippen LogP contribution in [0.5, 0.6) is 0 Å². The van der Waals surface area contributed by atoms with Crippen molar-refractivity contribution in [3.63, 3.8) is 0 Å². The molecule has 0 aliphatic heterocycles. The van der Waals surface area contributed by atoms with E-state index in [1.165, 1.54) is 11.1 Å². The van der Waals surface area contributed by atoms with Crippen LogP contribution < -0.4 is 5.32 Å². The van der Waals surface area contributed by atoms with Gasteiger partial charge in [0.2, 0.25) is 0 Å². The predicted octanol–water partition coefficient (Wildman–Crippen LogP) is 2.77. The Bertz CT molecular complexity index is 485. The maximum Gasteiger partial charge on any atom is 0.0698 e. The van der Waals surface area contributed by atoms with Crippen LogP contribution in [0.25, 0.3) is 11.1 Å². The molecule has 2 aromatic carbocycles. The molecule has 0 heterocycles. The van der Waals surface area contributed by atoms with E-state index < -0.39 is 0 Å². The van der Waals surface area contributed by atoms with E-state index in [0.717, 1.165) is 12.2 Å². The Kier molecular flexibility index (Phi) is 5.41. The second kappa shape index (κ2) is 7.56. The summed E-state index contributed by atoms with van der Waals surface area (Å²) in [5.41, 5.74) is 3.48. The maximum atomic E-state index is 8.63. The highest BCUT2D eigenvalue weighted by atomic mass is 16.5. The molecule has 0 bridgehead atoms. The molecule has 0 radical (unpaired) electrons. The van der Waals surface area contributed by atoms with Crippen LogP contribution in [0.2, 0.25) is 0 Å². The Hall–Kier alpha value is -1.84. The third kappa shape index (κ3) is 4.09. The molecule has 3 heteroatoms. The SMILES string of the molecule is OCCOCCNc1ccccc1-c1ccccc1. The van der Waals surface area contributed by atoms with Gasteiger partial charge in [0.1, 0.15) is 0 Å². The van der Waals surface area contributed by atoms with E-state index in [0.29, 0.717) is 13.2 Å². The van der Waals surface area contributed by atoms with Gasteiger partial charge in [0.15, 0.2) is 0 Å². The van der Waals surface area contributed by atoms with Crippen molar-refractivity contribution in [1.82, 2.24) is 0 Å². The fraction of sp³-hybridized carbons (Fsp3) is 0.250. The summed E-state index contributed by atoms with van der Waals surface area (Å²) in [5.74, 6) is 0. The van der Waals surface area contributed by atoms with E-state index in [9.17, 15) is 0 Å². The molecule has 0 unspecified atom stereocenters. The molecule has 100 valence electrons. The van der Waals surface area contributed by atoms with Gasteiger partial charge in [-0.2, -0.15) is 0 Å². The van der Waals surface area contributed by atoms with Crippen molar-refractivity contribution in [1.29, 1.82) is 0 Å². The molecule has 0 amide bonds. The van der Waals surface area contributed by atoms with Gasteiger partial charge in [0.05, 0.1) is 19.8 Å². The van der Waals surface area contributed by atoms with Crippen LogP contribution in [0.3, 0.4) is 0 Å². The number of rotatable bonds is 7. The topological polar surface area (TPSA) is 41.5 Å². The van der Waals surface area contributed by atoms with Gasteiger partial charge < -0.3 is 15.2 Å². The van der Waals surface area contributed by atoms with Gasteiger partial charge in [-0.15, -0.1) is 0 Å². The average Bonchev–Trinajstić information content (AvgIpc) is 2.48. The summed E-state index contributed by atoms with van der Waals surface area (Å²) in [4.78, 5) is 0. The average molecular weight is 257 g/mol. The monoisotopic (exact) mass is 257 g/mol. The van der Waals surface area contributed by atoms with Crippen molar-refractivity contribution in [2.24, 2.45) is 0 Å². The summed E-state index contributed by atoms with van der Waals surface area (Å²) < 4.78 is 5.24. The van der Waals surface area contributed by atoms with Gasteiger partial charge in [-0.3, -0.25) is 0 Å². The normalized spacial score (nSPS) is 10.4. The Balaban J connectivity index is 2.01. The summed E-state index contributed by atoms with van der Waals surface area (Å²) in [6, 6.07) is 18.5. The number of nitrogens with one attached hydrogen (secondary N) is 1. The molecule has 0 atom stereocenters. The number of aliphatic hydroxyl groups is 1. The molecule has 3 nitrogen and oxygen atoms in total. The molecule has 0 fully saturated rings. The highest BCUT2D eigenvalue weighted by molar-refractivity contribution is 5.77. The molecular weight excluding hydrogens is 238 g/mol. The summed E-state index contributed by atoms with van der Waals surface area (Å²) in [7, 11) is 0. The van der Waals surface area contributed by atoms with Crippen molar-refractivity contribution in [2.75, 3.05) is 31.7 Å². The zero-order chi connectivity index (χ0) is 13.3. The molecule has 0 aromatic heterocycles. The van der Waals surface area contributed by atoms with E-state index in [2.05, 4.69) is 29.6 Å². The Morgan fingerprint density at radius 1 is 0.895 bits per heavy atom. The first-order valence-corrected chi connectivity index (χ1v) is 6.49. The third-order valence-corrected chi connectivity index (χ3v) is 2.81. The lowest BCUT2D eigenvalue weighted by atomic mass is 10.0. The van der Waals surface area contributed by atoms with Crippen LogP contribution in [0.15, 0.2) is 54.6 Å². The first-order chi connectivity index (χ1) is 9.42. The van der Waals surface area contributed by atoms with E-state index in [1.54, 1.807) is 0 Å². The number of anilines is 1. The van der Waals surface area contributed by atoms with Crippen molar-refractivity contribution in [2.45, 2.75) is 0 Å². The molecule has 0 spiro atoms. The van der Waals surface area contributed by atoms with Crippen molar-refractivity contribution >= 4 is 5.69 Å². The molecule has 0 aliphatic carbocycles. The van der Waals surface area contributed by atoms with Crippen LogP contribution in [0.1, 0.15) is 0 Å². The molecule has 0 saturated carbocycles. The summed E-state index contributed by atoms with van der Waals surface area (Å²) in [5, 5.41) is 12.0. The number of aliphatic hydroxyl groups excluding tert-OH is 1. The van der Waals surface area contributed by atoms with Crippen LogP contribution in [-0.2, 0) is 4.74 Å². The zero-order valence-corrected chi connectivity index (χ0v) is 10.9. The largest absolute Gasteiger partial charge is 0.394 e. The minimum absolute atomic E-state index is 0.0700. The minimum atomic E-state index is 0.0700. The minimum Gasteiger partial charge on any atom is -0.394 e. The highest BCUT2D eigenvalue weighted by Gasteiger charge is 2.02. The lowest BCUT2D eigenvalue weighted by Crippen LogP contribution is -2.11. The Labute approximate surface area is 113 Å². The Morgan fingerprint density at radius 2 is 1.63 bits per heavy atom. The number of para-hydroxylation sites is 1. The molecule has 2 aromatic rings. The maximum absolute atomic E-state index is 8.63. The van der Waals surface area contributed by atoms with E-state index in [-0.39, 0.29) is 6.61 Å². The zero-order valence-electron chi connectivity index (χ0n) is 10.9. The lowest BCUT2D eigenvalue weighted by Gasteiger charge is -2.12.